The summed E-state index contributed by atoms with van der Waals surface area (Å²) in [6, 6.07) is 9.11. The molecular formula is C22H22F2N6O. The molecule has 1 aliphatic rings. The zero-order chi connectivity index (χ0) is 21.7. The number of aliphatic hydroxyl groups excluding tert-OH is 1. The van der Waals surface area contributed by atoms with Crippen molar-refractivity contribution >= 4 is 33.3 Å². The smallest absolute Gasteiger partial charge is 0.226 e. The molecule has 0 bridgehead atoms. The molecule has 4 N–H and O–H groups in total. The highest BCUT2D eigenvalue weighted by atomic mass is 19.1. The van der Waals surface area contributed by atoms with E-state index in [1.807, 2.05) is 28.6 Å². The molecular weight excluding hydrogens is 402 g/mol. The van der Waals surface area contributed by atoms with Gasteiger partial charge in [0.1, 0.15) is 11.6 Å². The second-order valence-electron chi connectivity index (χ2n) is 7.63. The number of aliphatic hydroxyl groups is 1. The van der Waals surface area contributed by atoms with Gasteiger partial charge in [-0.1, -0.05) is 0 Å². The number of anilines is 1. The lowest BCUT2D eigenvalue weighted by Crippen LogP contribution is -2.40. The van der Waals surface area contributed by atoms with Crippen LogP contribution in [0.15, 0.2) is 53.9 Å². The molecule has 1 unspecified atom stereocenters. The fourth-order valence-electron chi connectivity index (χ4n) is 4.21. The summed E-state index contributed by atoms with van der Waals surface area (Å²) in [6.07, 6.45) is 3.29. The van der Waals surface area contributed by atoms with Gasteiger partial charge in [0, 0.05) is 47.8 Å². The topological polar surface area (TPSA) is 83.7 Å². The van der Waals surface area contributed by atoms with Crippen LogP contribution in [0.2, 0.25) is 0 Å². The average molecular weight is 424 g/mol. The number of fused-ring (bicyclic) bond motifs is 2. The number of rotatable bonds is 5. The number of nitrogens with one attached hydrogen (secondary N) is 1. The Morgan fingerprint density at radius 3 is 2.52 bits per heavy atom. The normalized spacial score (nSPS) is 16.4. The van der Waals surface area contributed by atoms with E-state index in [1.54, 1.807) is 17.0 Å². The molecule has 0 saturated heterocycles. The number of hydrogen-bond donors (Lipinski definition) is 3. The van der Waals surface area contributed by atoms with Gasteiger partial charge >= 0.3 is 0 Å². The third kappa shape index (κ3) is 3.13. The van der Waals surface area contributed by atoms with Crippen LogP contribution in [-0.2, 0) is 13.6 Å². The highest BCUT2D eigenvalue weighted by Crippen LogP contribution is 2.35. The molecule has 31 heavy (non-hydrogen) atoms. The summed E-state index contributed by atoms with van der Waals surface area (Å²) in [5.74, 6) is -0.317. The van der Waals surface area contributed by atoms with E-state index in [0.29, 0.717) is 40.9 Å². The van der Waals surface area contributed by atoms with Crippen LogP contribution < -0.4 is 16.1 Å². The Morgan fingerprint density at radius 2 is 1.77 bits per heavy atom. The highest BCUT2D eigenvalue weighted by molar-refractivity contribution is 6.20. The van der Waals surface area contributed by atoms with Gasteiger partial charge in [0.25, 0.3) is 0 Å². The van der Waals surface area contributed by atoms with E-state index in [2.05, 4.69) is 10.5 Å². The number of aromatic nitrogens is 2. The van der Waals surface area contributed by atoms with Crippen LogP contribution in [0.4, 0.5) is 14.5 Å². The quantitative estimate of drug-likeness (QED) is 0.460. The van der Waals surface area contributed by atoms with E-state index in [0.717, 1.165) is 17.5 Å². The molecule has 1 atom stereocenters. The molecule has 0 amide bonds. The number of nitrogens with two attached hydrogens (primary N) is 1. The first-order valence-electron chi connectivity index (χ1n) is 10.0. The molecule has 0 aliphatic carbocycles. The minimum atomic E-state index is -1.16. The van der Waals surface area contributed by atoms with E-state index in [-0.39, 0.29) is 11.6 Å². The molecule has 7 nitrogen and oxygen atoms in total. The Labute approximate surface area is 177 Å². The van der Waals surface area contributed by atoms with Crippen molar-refractivity contribution in [2.45, 2.75) is 19.3 Å². The molecule has 3 heterocycles. The Bertz CT molecular complexity index is 1320. The minimum absolute atomic E-state index is 0.362. The number of hydrazone groups is 1. The number of hydrogen-bond acceptors (Lipinski definition) is 5. The Morgan fingerprint density at radius 1 is 1.06 bits per heavy atom. The summed E-state index contributed by atoms with van der Waals surface area (Å²) in [7, 11) is 1.86. The number of aryl methyl sites for hydroxylation is 2. The standard InChI is InChI=1S/C22H22F2N6O/c1-28-11-17(15-9-13(23)3-5-18(15)28)21-26-27-22(31)30(21)20-12-29(8-2-7-25)19-6-4-14(24)10-16(19)20/h3-6,9-12,22,27,31H,2,7-8,25H2,1H3. The number of amidine groups is 1. The maximum Gasteiger partial charge on any atom is 0.226 e. The summed E-state index contributed by atoms with van der Waals surface area (Å²) in [5, 5.41) is 16.3. The maximum atomic E-state index is 14.1. The zero-order valence-electron chi connectivity index (χ0n) is 16.9. The lowest BCUT2D eigenvalue weighted by Gasteiger charge is -2.22. The van der Waals surface area contributed by atoms with E-state index in [9.17, 15) is 13.9 Å². The van der Waals surface area contributed by atoms with Crippen molar-refractivity contribution in [3.8, 4) is 0 Å². The monoisotopic (exact) mass is 424 g/mol. The highest BCUT2D eigenvalue weighted by Gasteiger charge is 2.32. The van der Waals surface area contributed by atoms with E-state index in [4.69, 9.17) is 5.73 Å². The fourth-order valence-corrected chi connectivity index (χ4v) is 4.21. The molecule has 9 heteroatoms. The third-order valence-electron chi connectivity index (χ3n) is 5.64. The maximum absolute atomic E-state index is 14.1. The van der Waals surface area contributed by atoms with E-state index in [1.165, 1.54) is 24.3 Å². The molecule has 2 aromatic heterocycles. The van der Waals surface area contributed by atoms with Crippen molar-refractivity contribution in [1.29, 1.82) is 0 Å². The van der Waals surface area contributed by atoms with Gasteiger partial charge in [-0.2, -0.15) is 5.10 Å². The Balaban J connectivity index is 1.68. The predicted octanol–water partition coefficient (Wildman–Crippen LogP) is 2.81. The van der Waals surface area contributed by atoms with Crippen LogP contribution in [0, 0.1) is 11.6 Å². The number of benzene rings is 2. The summed E-state index contributed by atoms with van der Waals surface area (Å²) < 4.78 is 32.0. The molecule has 2 aromatic carbocycles. The Kier molecular flexibility index (Phi) is 4.64. The summed E-state index contributed by atoms with van der Waals surface area (Å²) in [6.45, 7) is 1.18. The molecule has 160 valence electrons. The average Bonchev–Trinajstić information content (AvgIpc) is 3.39. The third-order valence-corrected chi connectivity index (χ3v) is 5.64. The first kappa shape index (κ1) is 19.5. The molecule has 0 radical (unpaired) electrons. The van der Waals surface area contributed by atoms with Crippen LogP contribution in [0.1, 0.15) is 12.0 Å². The largest absolute Gasteiger partial charge is 0.355 e. The van der Waals surface area contributed by atoms with Crippen molar-refractivity contribution in [1.82, 2.24) is 14.6 Å². The Hall–Kier alpha value is -3.43. The van der Waals surface area contributed by atoms with Gasteiger partial charge in [0.15, 0.2) is 5.84 Å². The lowest BCUT2D eigenvalue weighted by molar-refractivity contribution is 0.159. The van der Waals surface area contributed by atoms with Crippen LogP contribution >= 0.6 is 0 Å². The van der Waals surface area contributed by atoms with Crippen molar-refractivity contribution in [3.05, 3.63) is 66.0 Å². The van der Waals surface area contributed by atoms with Crippen LogP contribution in [0.3, 0.4) is 0 Å². The van der Waals surface area contributed by atoms with Crippen molar-refractivity contribution < 1.29 is 13.9 Å². The van der Waals surface area contributed by atoms with Gasteiger partial charge < -0.3 is 20.0 Å². The van der Waals surface area contributed by atoms with Crippen LogP contribution in [-0.4, -0.2) is 33.0 Å². The molecule has 4 aromatic rings. The van der Waals surface area contributed by atoms with E-state index < -0.39 is 6.35 Å². The van der Waals surface area contributed by atoms with Crippen LogP contribution in [0.5, 0.6) is 0 Å². The summed E-state index contributed by atoms with van der Waals surface area (Å²) >= 11 is 0. The first-order chi connectivity index (χ1) is 15.0. The second-order valence-corrected chi connectivity index (χ2v) is 7.63. The van der Waals surface area contributed by atoms with Crippen molar-refractivity contribution in [3.63, 3.8) is 0 Å². The SMILES string of the molecule is Cn1cc(C2=NNC(O)N2c2cn(CCCN)c3ccc(F)cc23)c2cc(F)ccc21. The van der Waals surface area contributed by atoms with Crippen molar-refractivity contribution in [2.24, 2.45) is 17.9 Å². The van der Waals surface area contributed by atoms with Gasteiger partial charge in [0.05, 0.1) is 11.2 Å². The summed E-state index contributed by atoms with van der Waals surface area (Å²) in [4.78, 5) is 1.60. The molecule has 0 fully saturated rings. The number of nitrogens with zero attached hydrogens (tertiary/aromatic N) is 4. The van der Waals surface area contributed by atoms with Gasteiger partial charge in [-0.15, -0.1) is 0 Å². The summed E-state index contributed by atoms with van der Waals surface area (Å²) in [5.41, 5.74) is 11.3. The molecule has 0 spiro atoms. The van der Waals surface area contributed by atoms with E-state index >= 15 is 0 Å². The van der Waals surface area contributed by atoms with Crippen LogP contribution in [0.25, 0.3) is 21.8 Å². The fraction of sp³-hybridized carbons (Fsp3) is 0.227. The molecule has 1 aliphatic heterocycles. The minimum Gasteiger partial charge on any atom is -0.355 e. The first-order valence-corrected chi connectivity index (χ1v) is 10.0. The van der Waals surface area contributed by atoms with Gasteiger partial charge in [-0.3, -0.25) is 10.3 Å². The molecule has 0 saturated carbocycles. The second kappa shape index (κ2) is 7.36. The molecule has 5 rings (SSSR count). The zero-order valence-corrected chi connectivity index (χ0v) is 16.9. The number of halogens is 2. The van der Waals surface area contributed by atoms with Gasteiger partial charge in [0.2, 0.25) is 6.35 Å². The van der Waals surface area contributed by atoms with Crippen molar-refractivity contribution in [2.75, 3.05) is 11.4 Å². The van der Waals surface area contributed by atoms with Gasteiger partial charge in [-0.05, 0) is 49.4 Å². The van der Waals surface area contributed by atoms with Gasteiger partial charge in [-0.25, -0.2) is 8.78 Å². The predicted molar refractivity (Wildman–Crippen MR) is 117 cm³/mol. The lowest BCUT2D eigenvalue weighted by atomic mass is 10.1.